The third kappa shape index (κ3) is 5.48. The molecule has 3 rings (SSSR count). The van der Waals surface area contributed by atoms with Crippen LogP contribution in [0, 0.1) is 13.8 Å². The Morgan fingerprint density at radius 3 is 2.34 bits per heavy atom. The van der Waals surface area contributed by atoms with E-state index in [1.54, 1.807) is 29.2 Å². The molecule has 1 heterocycles. The zero-order valence-corrected chi connectivity index (χ0v) is 17.6. The van der Waals surface area contributed by atoms with E-state index < -0.39 is 10.0 Å². The lowest BCUT2D eigenvalue weighted by Crippen LogP contribution is -2.53. The Hall–Kier alpha value is -2.58. The second kappa shape index (κ2) is 9.28. The van der Waals surface area contributed by atoms with E-state index in [0.717, 1.165) is 16.9 Å². The number of benzene rings is 2. The summed E-state index contributed by atoms with van der Waals surface area (Å²) >= 11 is 0. The van der Waals surface area contributed by atoms with Gasteiger partial charge >= 0.3 is 6.03 Å². The molecule has 0 aromatic heterocycles. The number of nitrogens with one attached hydrogen (secondary N) is 1. The second-order valence-electron chi connectivity index (χ2n) is 7.10. The lowest BCUT2D eigenvalue weighted by molar-refractivity contribution is 0.170. The predicted molar refractivity (Wildman–Crippen MR) is 112 cm³/mol. The monoisotopic (exact) mass is 417 g/mol. The van der Waals surface area contributed by atoms with Crippen molar-refractivity contribution in [3.05, 3.63) is 59.7 Å². The highest BCUT2D eigenvalue weighted by Gasteiger charge is 2.29. The van der Waals surface area contributed by atoms with Crippen LogP contribution in [-0.4, -0.2) is 63.0 Å². The van der Waals surface area contributed by atoms with Crippen LogP contribution in [0.3, 0.4) is 0 Å². The summed E-state index contributed by atoms with van der Waals surface area (Å²) in [6.45, 7) is 5.94. The first-order valence-electron chi connectivity index (χ1n) is 9.65. The summed E-state index contributed by atoms with van der Waals surface area (Å²) in [6.07, 6.45) is 0. The number of carbonyl (C=O) groups excluding carboxylic acids is 1. The number of ether oxygens (including phenoxy) is 1. The minimum Gasteiger partial charge on any atom is -0.492 e. The highest BCUT2D eigenvalue weighted by molar-refractivity contribution is 7.89. The van der Waals surface area contributed by atoms with Gasteiger partial charge in [-0.15, -0.1) is 0 Å². The lowest BCUT2D eigenvalue weighted by atomic mass is 10.2. The van der Waals surface area contributed by atoms with Gasteiger partial charge in [-0.25, -0.2) is 13.2 Å². The molecule has 0 saturated carbocycles. The predicted octanol–water partition coefficient (Wildman–Crippen LogP) is 2.40. The molecule has 2 aromatic carbocycles. The van der Waals surface area contributed by atoms with Crippen LogP contribution in [0.4, 0.5) is 4.79 Å². The summed E-state index contributed by atoms with van der Waals surface area (Å²) in [5, 5.41) is 2.82. The fraction of sp³-hybridized carbons (Fsp3) is 0.381. The quantitative estimate of drug-likeness (QED) is 0.732. The van der Waals surface area contributed by atoms with Crippen LogP contribution in [0.25, 0.3) is 0 Å². The van der Waals surface area contributed by atoms with E-state index in [2.05, 4.69) is 5.32 Å². The van der Waals surface area contributed by atoms with E-state index in [0.29, 0.717) is 26.2 Å². The van der Waals surface area contributed by atoms with E-state index in [1.807, 2.05) is 38.1 Å². The van der Waals surface area contributed by atoms with Gasteiger partial charge in [0.2, 0.25) is 10.0 Å². The van der Waals surface area contributed by atoms with Gasteiger partial charge in [-0.2, -0.15) is 4.31 Å². The molecule has 1 saturated heterocycles. The minimum absolute atomic E-state index is 0.203. The average molecular weight is 418 g/mol. The average Bonchev–Trinajstić information content (AvgIpc) is 2.71. The molecule has 156 valence electrons. The van der Waals surface area contributed by atoms with Crippen molar-refractivity contribution >= 4 is 16.1 Å². The lowest BCUT2D eigenvalue weighted by Gasteiger charge is -2.34. The fourth-order valence-corrected chi connectivity index (χ4v) is 4.56. The molecule has 1 fully saturated rings. The van der Waals surface area contributed by atoms with Crippen LogP contribution in [-0.2, 0) is 10.0 Å². The van der Waals surface area contributed by atoms with Crippen molar-refractivity contribution in [1.82, 2.24) is 14.5 Å². The van der Waals surface area contributed by atoms with Crippen molar-refractivity contribution in [2.75, 3.05) is 39.3 Å². The van der Waals surface area contributed by atoms with Crippen LogP contribution < -0.4 is 10.1 Å². The molecule has 1 aliphatic rings. The van der Waals surface area contributed by atoms with Crippen LogP contribution in [0.1, 0.15) is 11.1 Å². The summed E-state index contributed by atoms with van der Waals surface area (Å²) < 4.78 is 32.5. The minimum atomic E-state index is -3.53. The molecular weight excluding hydrogens is 390 g/mol. The van der Waals surface area contributed by atoms with Crippen LogP contribution in [0.5, 0.6) is 5.75 Å². The first-order valence-corrected chi connectivity index (χ1v) is 11.1. The molecule has 8 heteroatoms. The number of hydrogen-bond donors (Lipinski definition) is 1. The van der Waals surface area contributed by atoms with Gasteiger partial charge in [-0.3, -0.25) is 0 Å². The third-order valence-electron chi connectivity index (χ3n) is 4.82. The van der Waals surface area contributed by atoms with E-state index in [-0.39, 0.29) is 24.0 Å². The number of aryl methyl sites for hydroxylation is 2. The van der Waals surface area contributed by atoms with Gasteiger partial charge in [0.1, 0.15) is 12.4 Å². The number of hydrogen-bond acceptors (Lipinski definition) is 4. The molecule has 0 aliphatic carbocycles. The highest BCUT2D eigenvalue weighted by atomic mass is 32.2. The van der Waals surface area contributed by atoms with Gasteiger partial charge in [-0.1, -0.05) is 29.8 Å². The maximum absolute atomic E-state index is 12.7. The van der Waals surface area contributed by atoms with E-state index in [1.165, 1.54) is 4.31 Å². The van der Waals surface area contributed by atoms with Crippen molar-refractivity contribution in [3.63, 3.8) is 0 Å². The third-order valence-corrected chi connectivity index (χ3v) is 6.73. The first-order chi connectivity index (χ1) is 13.9. The topological polar surface area (TPSA) is 79.0 Å². The maximum atomic E-state index is 12.7. The molecular formula is C21H27N3O4S. The Bertz CT molecular complexity index is 937. The Kier molecular flexibility index (Phi) is 6.76. The first kappa shape index (κ1) is 21.1. The molecule has 2 aromatic rings. The van der Waals surface area contributed by atoms with Crippen molar-refractivity contribution in [3.8, 4) is 5.75 Å². The van der Waals surface area contributed by atoms with Crippen LogP contribution in [0.15, 0.2) is 53.4 Å². The molecule has 0 atom stereocenters. The molecule has 0 bridgehead atoms. The second-order valence-corrected chi connectivity index (χ2v) is 9.04. The van der Waals surface area contributed by atoms with Crippen molar-refractivity contribution in [2.45, 2.75) is 18.7 Å². The summed E-state index contributed by atoms with van der Waals surface area (Å²) in [7, 11) is -3.53. The number of nitrogens with zero attached hydrogens (tertiary/aromatic N) is 2. The Balaban J connectivity index is 1.44. The number of piperazine rings is 1. The van der Waals surface area contributed by atoms with Gasteiger partial charge < -0.3 is 15.0 Å². The smallest absolute Gasteiger partial charge is 0.317 e. The zero-order chi connectivity index (χ0) is 20.9. The summed E-state index contributed by atoms with van der Waals surface area (Å²) in [6, 6.07) is 14.4. The summed E-state index contributed by atoms with van der Waals surface area (Å²) in [5.41, 5.74) is 2.13. The number of rotatable bonds is 6. The Morgan fingerprint density at radius 1 is 1.00 bits per heavy atom. The normalized spacial score (nSPS) is 15.2. The molecule has 0 radical (unpaired) electrons. The van der Waals surface area contributed by atoms with E-state index in [4.69, 9.17) is 4.74 Å². The largest absolute Gasteiger partial charge is 0.492 e. The van der Waals surface area contributed by atoms with Crippen LogP contribution in [0.2, 0.25) is 0 Å². The fourth-order valence-electron chi connectivity index (χ4n) is 3.13. The zero-order valence-electron chi connectivity index (χ0n) is 16.8. The maximum Gasteiger partial charge on any atom is 0.317 e. The number of sulfonamides is 1. The van der Waals surface area contributed by atoms with Gasteiger partial charge in [0.05, 0.1) is 11.4 Å². The van der Waals surface area contributed by atoms with E-state index >= 15 is 0 Å². The van der Waals surface area contributed by atoms with E-state index in [9.17, 15) is 13.2 Å². The molecule has 2 amide bonds. The van der Waals surface area contributed by atoms with Crippen molar-refractivity contribution in [2.24, 2.45) is 0 Å². The van der Waals surface area contributed by atoms with Gasteiger partial charge in [0, 0.05) is 26.2 Å². The SMILES string of the molecule is Cc1ccc(S(=O)(=O)N2CCN(C(=O)NCCOc3cccc(C)c3)CC2)cc1. The number of amides is 2. The number of carbonyl (C=O) groups is 1. The van der Waals surface area contributed by atoms with Crippen molar-refractivity contribution < 1.29 is 17.9 Å². The molecule has 1 aliphatic heterocycles. The van der Waals surface area contributed by atoms with Gasteiger partial charge in [0.25, 0.3) is 0 Å². The Labute approximate surface area is 172 Å². The van der Waals surface area contributed by atoms with Crippen LogP contribution >= 0.6 is 0 Å². The summed E-state index contributed by atoms with van der Waals surface area (Å²) in [4.78, 5) is 14.2. The summed E-state index contributed by atoms with van der Waals surface area (Å²) in [5.74, 6) is 0.772. The molecule has 29 heavy (non-hydrogen) atoms. The molecule has 0 unspecified atom stereocenters. The Morgan fingerprint density at radius 2 is 1.69 bits per heavy atom. The molecule has 7 nitrogen and oxygen atoms in total. The standard InChI is InChI=1S/C21H27N3O4S/c1-17-6-8-20(9-7-17)29(26,27)24-13-11-23(12-14-24)21(25)22-10-15-28-19-5-3-4-18(2)16-19/h3-9,16H,10-15H2,1-2H3,(H,22,25). The van der Waals surface area contributed by atoms with Gasteiger partial charge in [-0.05, 0) is 43.7 Å². The van der Waals surface area contributed by atoms with Crippen molar-refractivity contribution in [1.29, 1.82) is 0 Å². The highest BCUT2D eigenvalue weighted by Crippen LogP contribution is 2.18. The number of urea groups is 1. The molecule has 0 spiro atoms. The molecule has 1 N–H and O–H groups in total. The van der Waals surface area contributed by atoms with Gasteiger partial charge in [0.15, 0.2) is 0 Å².